The van der Waals surface area contributed by atoms with Crippen molar-refractivity contribution in [2.45, 2.75) is 26.5 Å². The highest BCUT2D eigenvalue weighted by Gasteiger charge is 2.09. The van der Waals surface area contributed by atoms with Gasteiger partial charge < -0.3 is 15.5 Å². The maximum absolute atomic E-state index is 5.44. The Morgan fingerprint density at radius 1 is 1.33 bits per heavy atom. The zero-order chi connectivity index (χ0) is 15.1. The molecule has 0 saturated heterocycles. The molecule has 0 aliphatic heterocycles. The summed E-state index contributed by atoms with van der Waals surface area (Å²) in [5, 5.41) is 3.31. The number of nitrogen functional groups attached to an aromatic ring is 1. The number of nitrogens with one attached hydrogen (secondary N) is 2. The van der Waals surface area contributed by atoms with E-state index in [-0.39, 0.29) is 6.04 Å². The molecule has 0 saturated carbocycles. The number of rotatable bonds is 7. The van der Waals surface area contributed by atoms with Crippen molar-refractivity contribution in [1.82, 2.24) is 15.0 Å². The van der Waals surface area contributed by atoms with Gasteiger partial charge >= 0.3 is 0 Å². The topological polar surface area (TPSA) is 98.0 Å². The van der Waals surface area contributed by atoms with E-state index in [0.29, 0.717) is 30.7 Å². The lowest BCUT2D eigenvalue weighted by Gasteiger charge is -2.16. The fourth-order valence-corrected chi connectivity index (χ4v) is 1.84. The van der Waals surface area contributed by atoms with Gasteiger partial charge in [0.25, 0.3) is 0 Å². The maximum atomic E-state index is 5.44. The average Bonchev–Trinajstić information content (AvgIpc) is 2.53. The molecule has 1 unspecified atom stereocenters. The number of ether oxygens (including phenoxy) is 1. The van der Waals surface area contributed by atoms with Crippen LogP contribution in [0.2, 0.25) is 0 Å². The van der Waals surface area contributed by atoms with Crippen LogP contribution < -0.4 is 16.6 Å². The van der Waals surface area contributed by atoms with E-state index in [0.717, 1.165) is 5.56 Å². The van der Waals surface area contributed by atoms with Crippen molar-refractivity contribution in [3.05, 3.63) is 42.0 Å². The minimum Gasteiger partial charge on any atom is -0.374 e. The molecule has 112 valence electrons. The molecule has 0 bridgehead atoms. The Hall–Kier alpha value is -2.25. The number of pyridine rings is 1. The summed E-state index contributed by atoms with van der Waals surface area (Å²) < 4.78 is 5.33. The molecular weight excluding hydrogens is 268 g/mol. The second-order valence-corrected chi connectivity index (χ2v) is 4.49. The Balaban J connectivity index is 2.14. The molecule has 0 aliphatic rings. The van der Waals surface area contributed by atoms with Gasteiger partial charge in [0.2, 0.25) is 0 Å². The molecule has 0 amide bonds. The van der Waals surface area contributed by atoms with Crippen molar-refractivity contribution in [2.75, 3.05) is 17.3 Å². The summed E-state index contributed by atoms with van der Waals surface area (Å²) in [7, 11) is 0. The summed E-state index contributed by atoms with van der Waals surface area (Å²) in [6.45, 7) is 4.92. The number of hydrogen-bond donors (Lipinski definition) is 3. The molecule has 2 aromatic rings. The molecule has 21 heavy (non-hydrogen) atoms. The number of nitrogens with two attached hydrogens (primary N) is 1. The second-order valence-electron chi connectivity index (χ2n) is 4.49. The Bertz CT molecular complexity index is 563. The van der Waals surface area contributed by atoms with Gasteiger partial charge in [-0.3, -0.25) is 4.98 Å². The highest BCUT2D eigenvalue weighted by atomic mass is 16.5. The van der Waals surface area contributed by atoms with Crippen LogP contribution in [0.4, 0.5) is 11.6 Å². The summed E-state index contributed by atoms with van der Waals surface area (Å²) in [5.74, 6) is 7.24. The first-order valence-corrected chi connectivity index (χ1v) is 6.81. The largest absolute Gasteiger partial charge is 0.374 e. The van der Waals surface area contributed by atoms with Crippen LogP contribution >= 0.6 is 0 Å². The minimum absolute atomic E-state index is 0.0687. The molecule has 7 heteroatoms. The quantitative estimate of drug-likeness (QED) is 0.528. The predicted molar refractivity (Wildman–Crippen MR) is 81.4 cm³/mol. The van der Waals surface area contributed by atoms with Gasteiger partial charge in [-0.15, -0.1) is 0 Å². The predicted octanol–water partition coefficient (Wildman–Crippen LogP) is 1.87. The Morgan fingerprint density at radius 3 is 2.81 bits per heavy atom. The Kier molecular flexibility index (Phi) is 5.42. The fraction of sp³-hybridized carbons (Fsp3) is 0.357. The van der Waals surface area contributed by atoms with Crippen LogP contribution in [0.3, 0.4) is 0 Å². The van der Waals surface area contributed by atoms with Gasteiger partial charge in [-0.1, -0.05) is 6.07 Å². The van der Waals surface area contributed by atoms with Crippen molar-refractivity contribution in [3.63, 3.8) is 0 Å². The van der Waals surface area contributed by atoms with Crippen molar-refractivity contribution in [2.24, 2.45) is 5.84 Å². The molecule has 0 radical (unpaired) electrons. The van der Waals surface area contributed by atoms with Gasteiger partial charge in [0.1, 0.15) is 18.2 Å². The molecular formula is C14H20N6O. The third-order valence-corrected chi connectivity index (χ3v) is 2.90. The Labute approximate surface area is 123 Å². The van der Waals surface area contributed by atoms with Crippen LogP contribution in [0, 0.1) is 0 Å². The van der Waals surface area contributed by atoms with E-state index in [2.05, 4.69) is 25.7 Å². The van der Waals surface area contributed by atoms with E-state index in [1.807, 2.05) is 32.2 Å². The zero-order valence-electron chi connectivity index (χ0n) is 12.2. The maximum Gasteiger partial charge on any atom is 0.158 e. The second kappa shape index (κ2) is 7.51. The molecule has 0 aromatic carbocycles. The summed E-state index contributed by atoms with van der Waals surface area (Å²) >= 11 is 0. The van der Waals surface area contributed by atoms with Crippen LogP contribution in [0.1, 0.15) is 31.3 Å². The van der Waals surface area contributed by atoms with Crippen LogP contribution in [-0.4, -0.2) is 21.6 Å². The highest BCUT2D eigenvalue weighted by Crippen LogP contribution is 2.19. The van der Waals surface area contributed by atoms with E-state index in [4.69, 9.17) is 10.6 Å². The van der Waals surface area contributed by atoms with E-state index < -0.39 is 0 Å². The first-order chi connectivity index (χ1) is 10.2. The first kappa shape index (κ1) is 15.1. The average molecular weight is 288 g/mol. The zero-order valence-corrected chi connectivity index (χ0v) is 12.2. The summed E-state index contributed by atoms with van der Waals surface area (Å²) in [6.07, 6.45) is 3.57. The number of hydrogen-bond acceptors (Lipinski definition) is 7. The smallest absolute Gasteiger partial charge is 0.158 e. The lowest BCUT2D eigenvalue weighted by atomic mass is 10.1. The van der Waals surface area contributed by atoms with Crippen molar-refractivity contribution < 1.29 is 4.74 Å². The molecule has 1 atom stereocenters. The van der Waals surface area contributed by atoms with Crippen LogP contribution in [0.15, 0.2) is 30.6 Å². The molecule has 0 fully saturated rings. The third-order valence-electron chi connectivity index (χ3n) is 2.90. The van der Waals surface area contributed by atoms with E-state index in [9.17, 15) is 0 Å². The molecule has 0 spiro atoms. The van der Waals surface area contributed by atoms with Gasteiger partial charge in [-0.2, -0.15) is 0 Å². The SMILES string of the molecule is CCOCc1nc(NN)cc(NC(C)c2cccnc2)n1. The monoisotopic (exact) mass is 288 g/mol. The number of nitrogens with zero attached hydrogens (tertiary/aromatic N) is 3. The summed E-state index contributed by atoms with van der Waals surface area (Å²) in [4.78, 5) is 12.8. The van der Waals surface area contributed by atoms with Crippen LogP contribution in [-0.2, 0) is 11.3 Å². The lowest BCUT2D eigenvalue weighted by molar-refractivity contribution is 0.128. The third kappa shape index (κ3) is 4.37. The lowest BCUT2D eigenvalue weighted by Crippen LogP contribution is -2.14. The normalized spacial score (nSPS) is 12.0. The van der Waals surface area contributed by atoms with Crippen LogP contribution in [0.25, 0.3) is 0 Å². The minimum atomic E-state index is 0.0687. The van der Waals surface area contributed by atoms with E-state index >= 15 is 0 Å². The van der Waals surface area contributed by atoms with Crippen molar-refractivity contribution in [1.29, 1.82) is 0 Å². The van der Waals surface area contributed by atoms with Crippen LogP contribution in [0.5, 0.6) is 0 Å². The van der Waals surface area contributed by atoms with Gasteiger partial charge in [0.05, 0.1) is 6.04 Å². The molecule has 2 heterocycles. The van der Waals surface area contributed by atoms with Gasteiger partial charge in [-0.05, 0) is 25.5 Å². The molecule has 4 N–H and O–H groups in total. The van der Waals surface area contributed by atoms with Crippen molar-refractivity contribution >= 4 is 11.6 Å². The first-order valence-electron chi connectivity index (χ1n) is 6.81. The van der Waals surface area contributed by atoms with Gasteiger partial charge in [0, 0.05) is 25.1 Å². The standard InChI is InChI=1S/C14H20N6O/c1-3-21-9-14-18-12(7-13(19-14)20-15)17-10(2)11-5-4-6-16-8-11/h4-8,10H,3,9,15H2,1-2H3,(H2,17,18,19,20). The van der Waals surface area contributed by atoms with Gasteiger partial charge in [0.15, 0.2) is 5.82 Å². The fourth-order valence-electron chi connectivity index (χ4n) is 1.84. The number of aromatic nitrogens is 3. The summed E-state index contributed by atoms with van der Waals surface area (Å²) in [5.41, 5.74) is 3.61. The molecule has 7 nitrogen and oxygen atoms in total. The van der Waals surface area contributed by atoms with Crippen molar-refractivity contribution in [3.8, 4) is 0 Å². The molecule has 2 aromatic heterocycles. The highest BCUT2D eigenvalue weighted by molar-refractivity contribution is 5.48. The number of hydrazine groups is 1. The number of anilines is 2. The van der Waals surface area contributed by atoms with E-state index in [1.165, 1.54) is 0 Å². The molecule has 0 aliphatic carbocycles. The van der Waals surface area contributed by atoms with Gasteiger partial charge in [-0.25, -0.2) is 15.8 Å². The molecule has 2 rings (SSSR count). The summed E-state index contributed by atoms with van der Waals surface area (Å²) in [6, 6.07) is 5.73. The van der Waals surface area contributed by atoms with E-state index in [1.54, 1.807) is 12.3 Å². The Morgan fingerprint density at radius 2 is 2.14 bits per heavy atom.